The van der Waals surface area contributed by atoms with E-state index in [0.717, 1.165) is 12.1 Å². The third-order valence-corrected chi connectivity index (χ3v) is 4.49. The van der Waals surface area contributed by atoms with Crippen LogP contribution in [0.1, 0.15) is 12.0 Å². The Labute approximate surface area is 147 Å². The maximum atomic E-state index is 12.8. The quantitative estimate of drug-likeness (QED) is 0.794. The van der Waals surface area contributed by atoms with Crippen LogP contribution in [-0.2, 0) is 11.0 Å². The van der Waals surface area contributed by atoms with Gasteiger partial charge in [0.1, 0.15) is 5.75 Å². The lowest BCUT2D eigenvalue weighted by Gasteiger charge is -2.11. The molecule has 1 fully saturated rings. The number of rotatable bonds is 5. The summed E-state index contributed by atoms with van der Waals surface area (Å²) in [4.78, 5) is 10.8. The van der Waals surface area contributed by atoms with Crippen molar-refractivity contribution in [2.75, 3.05) is 6.61 Å². The molecule has 0 aliphatic heterocycles. The van der Waals surface area contributed by atoms with E-state index in [1.54, 1.807) is 24.3 Å². The monoisotopic (exact) mass is 370 g/mol. The van der Waals surface area contributed by atoms with Gasteiger partial charge in [-0.05, 0) is 42.3 Å². The van der Waals surface area contributed by atoms with Gasteiger partial charge in [0.25, 0.3) is 0 Å². The van der Waals surface area contributed by atoms with Gasteiger partial charge in [-0.15, -0.1) is 0 Å². The van der Waals surface area contributed by atoms with E-state index in [2.05, 4.69) is 0 Å². The Morgan fingerprint density at radius 1 is 1.20 bits per heavy atom. The lowest BCUT2D eigenvalue weighted by atomic mass is 10.0. The molecule has 7 heteroatoms. The van der Waals surface area contributed by atoms with Crippen LogP contribution in [-0.4, -0.2) is 17.7 Å². The summed E-state index contributed by atoms with van der Waals surface area (Å²) in [6.45, 7) is 0.306. The van der Waals surface area contributed by atoms with Crippen molar-refractivity contribution in [3.05, 3.63) is 53.1 Å². The molecule has 0 amide bonds. The van der Waals surface area contributed by atoms with Gasteiger partial charge in [0.05, 0.1) is 18.1 Å². The van der Waals surface area contributed by atoms with E-state index in [4.69, 9.17) is 21.4 Å². The van der Waals surface area contributed by atoms with Gasteiger partial charge in [-0.25, -0.2) is 0 Å². The van der Waals surface area contributed by atoms with Gasteiger partial charge in [0.15, 0.2) is 0 Å². The average Bonchev–Trinajstić information content (AvgIpc) is 3.33. The topological polar surface area (TPSA) is 46.5 Å². The number of halogens is 4. The first kappa shape index (κ1) is 17.6. The molecular formula is C18H14ClF3O3. The maximum Gasteiger partial charge on any atom is 0.416 e. The molecular weight excluding hydrogens is 357 g/mol. The van der Waals surface area contributed by atoms with Crippen LogP contribution < -0.4 is 4.74 Å². The number of alkyl halides is 3. The molecule has 25 heavy (non-hydrogen) atoms. The third-order valence-electron chi connectivity index (χ3n) is 4.16. The molecule has 1 aliphatic rings. The van der Waals surface area contributed by atoms with Crippen molar-refractivity contribution in [2.45, 2.75) is 12.6 Å². The molecule has 2 atom stereocenters. The fourth-order valence-corrected chi connectivity index (χ4v) is 2.82. The van der Waals surface area contributed by atoms with Gasteiger partial charge in [-0.3, -0.25) is 4.79 Å². The van der Waals surface area contributed by atoms with Gasteiger partial charge in [-0.2, -0.15) is 13.2 Å². The summed E-state index contributed by atoms with van der Waals surface area (Å²) in [5.74, 6) is -0.621. The molecule has 0 spiro atoms. The van der Waals surface area contributed by atoms with E-state index < -0.39 is 17.7 Å². The third kappa shape index (κ3) is 4.07. The lowest BCUT2D eigenvalue weighted by molar-refractivity contribution is -0.139. The minimum atomic E-state index is -4.44. The average molecular weight is 371 g/mol. The highest BCUT2D eigenvalue weighted by molar-refractivity contribution is 6.33. The van der Waals surface area contributed by atoms with E-state index >= 15 is 0 Å². The largest absolute Gasteiger partial charge is 0.493 e. The number of benzene rings is 2. The molecule has 0 radical (unpaired) electrons. The zero-order valence-electron chi connectivity index (χ0n) is 12.9. The minimum Gasteiger partial charge on any atom is -0.493 e. The van der Waals surface area contributed by atoms with Gasteiger partial charge < -0.3 is 9.84 Å². The second-order valence-corrected chi connectivity index (χ2v) is 6.38. The first-order valence-electron chi connectivity index (χ1n) is 7.58. The summed E-state index contributed by atoms with van der Waals surface area (Å²) in [5, 5.41) is 9.07. The Morgan fingerprint density at radius 2 is 1.88 bits per heavy atom. The second-order valence-electron chi connectivity index (χ2n) is 5.97. The predicted octanol–water partition coefficient (Wildman–Crippen LogP) is 5.13. The predicted molar refractivity (Wildman–Crippen MR) is 86.6 cm³/mol. The highest BCUT2D eigenvalue weighted by atomic mass is 35.5. The van der Waals surface area contributed by atoms with E-state index in [1.807, 2.05) is 0 Å². The van der Waals surface area contributed by atoms with E-state index in [9.17, 15) is 18.0 Å². The normalized spacial score (nSPS) is 19.5. The Morgan fingerprint density at radius 3 is 2.44 bits per heavy atom. The number of carboxylic acids is 1. The van der Waals surface area contributed by atoms with Crippen LogP contribution in [0.4, 0.5) is 13.2 Å². The van der Waals surface area contributed by atoms with Crippen molar-refractivity contribution in [3.8, 4) is 16.9 Å². The number of ether oxygens (including phenoxy) is 1. The van der Waals surface area contributed by atoms with Crippen LogP contribution in [0, 0.1) is 11.8 Å². The molecule has 3 nitrogen and oxygen atoms in total. The zero-order chi connectivity index (χ0) is 18.2. The Balaban J connectivity index is 1.71. The molecule has 2 aromatic rings. The zero-order valence-corrected chi connectivity index (χ0v) is 13.6. The number of aliphatic carboxylic acids is 1. The fourth-order valence-electron chi connectivity index (χ4n) is 2.59. The molecule has 3 rings (SSSR count). The summed E-state index contributed by atoms with van der Waals surface area (Å²) < 4.78 is 44.1. The number of hydrogen-bond acceptors (Lipinski definition) is 2. The van der Waals surface area contributed by atoms with Gasteiger partial charge in [-0.1, -0.05) is 23.7 Å². The minimum absolute atomic E-state index is 0.00934. The van der Waals surface area contributed by atoms with Gasteiger partial charge in [0.2, 0.25) is 0 Å². The number of carboxylic acid groups (broad SMARTS) is 1. The van der Waals surface area contributed by atoms with E-state index in [-0.39, 0.29) is 22.4 Å². The van der Waals surface area contributed by atoms with Crippen LogP contribution in [0.3, 0.4) is 0 Å². The van der Waals surface area contributed by atoms with Crippen molar-refractivity contribution in [1.29, 1.82) is 0 Å². The highest BCUT2D eigenvalue weighted by Gasteiger charge is 2.43. The van der Waals surface area contributed by atoms with Crippen molar-refractivity contribution in [2.24, 2.45) is 11.8 Å². The molecule has 0 heterocycles. The highest BCUT2D eigenvalue weighted by Crippen LogP contribution is 2.39. The number of carbonyl (C=O) groups is 1. The molecule has 0 aromatic heterocycles. The van der Waals surface area contributed by atoms with Crippen LogP contribution in [0.25, 0.3) is 11.1 Å². The van der Waals surface area contributed by atoms with Crippen molar-refractivity contribution >= 4 is 17.6 Å². The first-order chi connectivity index (χ1) is 11.8. The Hall–Kier alpha value is -2.21. The molecule has 1 saturated carbocycles. The molecule has 1 N–H and O–H groups in total. The smallest absolute Gasteiger partial charge is 0.416 e. The van der Waals surface area contributed by atoms with Crippen LogP contribution in [0.5, 0.6) is 5.75 Å². The summed E-state index contributed by atoms with van der Waals surface area (Å²) in [7, 11) is 0. The molecule has 0 bridgehead atoms. The summed E-state index contributed by atoms with van der Waals surface area (Å²) in [6.07, 6.45) is -3.83. The van der Waals surface area contributed by atoms with Gasteiger partial charge in [0, 0.05) is 16.5 Å². The summed E-state index contributed by atoms with van der Waals surface area (Å²) in [5.41, 5.74) is 0.0649. The first-order valence-corrected chi connectivity index (χ1v) is 7.96. The standard InChI is InChI=1S/C18H14ClF3O3/c19-16-6-3-12(18(20,21)22)8-14(16)10-1-4-13(5-2-10)25-9-11-7-15(11)17(23)24/h1-6,8,11,15H,7,9H2,(H,23,24)/t11-,15?/m1/s1. The van der Waals surface area contributed by atoms with Crippen LogP contribution in [0.2, 0.25) is 5.02 Å². The fraction of sp³-hybridized carbons (Fsp3) is 0.278. The molecule has 1 aliphatic carbocycles. The van der Waals surface area contributed by atoms with Crippen LogP contribution in [0.15, 0.2) is 42.5 Å². The summed E-state index contributed by atoms with van der Waals surface area (Å²) >= 11 is 6.02. The molecule has 1 unspecified atom stereocenters. The molecule has 0 saturated heterocycles. The maximum absolute atomic E-state index is 12.8. The Bertz CT molecular complexity index is 787. The second kappa shape index (κ2) is 6.59. The molecule has 132 valence electrons. The number of hydrogen-bond donors (Lipinski definition) is 1. The van der Waals surface area contributed by atoms with E-state index in [0.29, 0.717) is 24.3 Å². The van der Waals surface area contributed by atoms with Crippen molar-refractivity contribution < 1.29 is 27.8 Å². The van der Waals surface area contributed by atoms with E-state index in [1.165, 1.54) is 6.07 Å². The SMILES string of the molecule is O=C(O)C1C[C@@H]1COc1ccc(-c2cc(C(F)(F)F)ccc2Cl)cc1. The van der Waals surface area contributed by atoms with Gasteiger partial charge >= 0.3 is 12.1 Å². The van der Waals surface area contributed by atoms with Crippen molar-refractivity contribution in [3.63, 3.8) is 0 Å². The Kier molecular flexibility index (Phi) is 4.64. The van der Waals surface area contributed by atoms with Crippen molar-refractivity contribution in [1.82, 2.24) is 0 Å². The molecule has 2 aromatic carbocycles. The lowest BCUT2D eigenvalue weighted by Crippen LogP contribution is -2.06. The summed E-state index contributed by atoms with van der Waals surface area (Å²) in [6, 6.07) is 9.69. The van der Waals surface area contributed by atoms with Crippen LogP contribution >= 0.6 is 11.6 Å².